The number of nitrogens with one attached hydrogen (secondary N) is 1. The van der Waals surface area contributed by atoms with Gasteiger partial charge in [0.1, 0.15) is 6.61 Å². The van der Waals surface area contributed by atoms with Gasteiger partial charge in [-0.05, 0) is 37.6 Å². The highest BCUT2D eigenvalue weighted by Crippen LogP contribution is 2.41. The molecule has 4 heterocycles. The lowest BCUT2D eigenvalue weighted by molar-refractivity contribution is 0.307. The molecule has 152 valence electrons. The topological polar surface area (TPSA) is 78.0 Å². The molecule has 3 aromatic rings. The average Bonchev–Trinajstić information content (AvgIpc) is 3.41. The molecule has 5 rings (SSSR count). The van der Waals surface area contributed by atoms with Crippen molar-refractivity contribution in [3.8, 4) is 17.0 Å². The van der Waals surface area contributed by atoms with E-state index in [4.69, 9.17) is 27.2 Å². The number of pyridine rings is 1. The first kappa shape index (κ1) is 20.0. The number of hydrogen-bond acceptors (Lipinski definition) is 5. The molecule has 2 aromatic heterocycles. The van der Waals surface area contributed by atoms with Crippen molar-refractivity contribution in [2.24, 2.45) is 0 Å². The Hall–Kier alpha value is -2.28. The van der Waals surface area contributed by atoms with E-state index in [0.29, 0.717) is 23.2 Å². The molecule has 0 radical (unpaired) electrons. The number of fused-ring (bicyclic) bond motifs is 2. The Morgan fingerprint density at radius 2 is 2.10 bits per heavy atom. The summed E-state index contributed by atoms with van der Waals surface area (Å²) >= 11 is 6.21. The molecule has 1 atom stereocenters. The van der Waals surface area contributed by atoms with E-state index in [1.807, 2.05) is 30.3 Å². The van der Waals surface area contributed by atoms with Gasteiger partial charge in [-0.15, -0.1) is 12.4 Å². The molecule has 1 unspecified atom stereocenters. The van der Waals surface area contributed by atoms with Crippen LogP contribution in [0.4, 0.5) is 5.82 Å². The van der Waals surface area contributed by atoms with Gasteiger partial charge in [0, 0.05) is 46.5 Å². The highest BCUT2D eigenvalue weighted by atomic mass is 35.5. The smallest absolute Gasteiger partial charge is 0.166 e. The predicted octanol–water partition coefficient (Wildman–Crippen LogP) is 3.82. The number of nitrogens with two attached hydrogens (primary N) is 1. The molecule has 8 heteroatoms. The number of aromatic nitrogens is 3. The number of rotatable bonds is 4. The molecule has 1 fully saturated rings. The maximum absolute atomic E-state index is 6.21. The Bertz CT molecular complexity index is 1030. The fourth-order valence-corrected chi connectivity index (χ4v) is 4.45. The van der Waals surface area contributed by atoms with E-state index in [2.05, 4.69) is 21.0 Å². The van der Waals surface area contributed by atoms with Crippen LogP contribution in [-0.4, -0.2) is 27.9 Å². The molecule has 6 nitrogen and oxygen atoms in total. The summed E-state index contributed by atoms with van der Waals surface area (Å²) in [5.74, 6) is 0.904. The molecule has 29 heavy (non-hydrogen) atoms. The van der Waals surface area contributed by atoms with E-state index in [-0.39, 0.29) is 17.8 Å². The van der Waals surface area contributed by atoms with E-state index in [1.165, 1.54) is 12.1 Å². The standard InChI is InChI=1S/C21H22ClN5O.ClH/c22-16-4-2-1-3-14(16)12-28-18-9-15(11-25-20(18)23)17-10-19-21(5-7-24-13-21)6-8-27(19)26-17;/h1-4,9-11,24H,5-8,12-13H2,(H2,23,25);1H. The molecule has 3 N–H and O–H groups in total. The first-order valence-corrected chi connectivity index (χ1v) is 9.94. The van der Waals surface area contributed by atoms with E-state index >= 15 is 0 Å². The van der Waals surface area contributed by atoms with Gasteiger partial charge in [-0.1, -0.05) is 29.8 Å². The molecule has 1 spiro atoms. The summed E-state index contributed by atoms with van der Waals surface area (Å²) in [6.07, 6.45) is 4.09. The second kappa shape index (κ2) is 7.86. The fraction of sp³-hybridized carbons (Fsp3) is 0.333. The van der Waals surface area contributed by atoms with Crippen molar-refractivity contribution in [3.63, 3.8) is 0 Å². The Morgan fingerprint density at radius 1 is 1.24 bits per heavy atom. The minimum Gasteiger partial charge on any atom is -0.485 e. The van der Waals surface area contributed by atoms with Crippen LogP contribution in [0.15, 0.2) is 42.6 Å². The average molecular weight is 432 g/mol. The monoisotopic (exact) mass is 431 g/mol. The van der Waals surface area contributed by atoms with Gasteiger partial charge in [0.05, 0.1) is 5.69 Å². The predicted molar refractivity (Wildman–Crippen MR) is 117 cm³/mol. The van der Waals surface area contributed by atoms with E-state index in [0.717, 1.165) is 42.9 Å². The van der Waals surface area contributed by atoms with Crippen LogP contribution in [0.2, 0.25) is 5.02 Å². The largest absolute Gasteiger partial charge is 0.485 e. The number of aryl methyl sites for hydroxylation is 1. The molecular weight excluding hydrogens is 409 g/mol. The molecule has 1 saturated heterocycles. The number of ether oxygens (including phenoxy) is 1. The van der Waals surface area contributed by atoms with Crippen molar-refractivity contribution in [1.82, 2.24) is 20.1 Å². The second-order valence-corrected chi connectivity index (χ2v) is 7.99. The van der Waals surface area contributed by atoms with Crippen LogP contribution in [0.3, 0.4) is 0 Å². The molecule has 2 aliphatic rings. The Kier molecular flexibility index (Phi) is 5.42. The zero-order valence-electron chi connectivity index (χ0n) is 15.9. The molecule has 0 aliphatic carbocycles. The summed E-state index contributed by atoms with van der Waals surface area (Å²) in [6, 6.07) is 11.7. The summed E-state index contributed by atoms with van der Waals surface area (Å²) in [6.45, 7) is 3.41. The summed E-state index contributed by atoms with van der Waals surface area (Å²) in [4.78, 5) is 4.32. The van der Waals surface area contributed by atoms with Gasteiger partial charge >= 0.3 is 0 Å². The van der Waals surface area contributed by atoms with Crippen LogP contribution in [-0.2, 0) is 18.6 Å². The number of nitrogens with zero attached hydrogens (tertiary/aromatic N) is 3. The lowest BCUT2D eigenvalue weighted by Crippen LogP contribution is -2.25. The third kappa shape index (κ3) is 3.56. The van der Waals surface area contributed by atoms with Crippen LogP contribution in [0.25, 0.3) is 11.3 Å². The summed E-state index contributed by atoms with van der Waals surface area (Å²) in [7, 11) is 0. The van der Waals surface area contributed by atoms with Crippen molar-refractivity contribution in [1.29, 1.82) is 0 Å². The number of benzene rings is 1. The first-order valence-electron chi connectivity index (χ1n) is 9.56. The highest BCUT2D eigenvalue weighted by molar-refractivity contribution is 6.31. The maximum Gasteiger partial charge on any atom is 0.166 e. The quantitative estimate of drug-likeness (QED) is 0.656. The van der Waals surface area contributed by atoms with Gasteiger partial charge in [0.2, 0.25) is 0 Å². The molecule has 0 saturated carbocycles. The van der Waals surface area contributed by atoms with Gasteiger partial charge in [0.15, 0.2) is 11.6 Å². The second-order valence-electron chi connectivity index (χ2n) is 7.58. The number of anilines is 1. The molecule has 2 aliphatic heterocycles. The van der Waals surface area contributed by atoms with E-state index in [9.17, 15) is 0 Å². The summed E-state index contributed by atoms with van der Waals surface area (Å²) in [5.41, 5.74) is 10.3. The van der Waals surface area contributed by atoms with Crippen LogP contribution in [0, 0.1) is 0 Å². The van der Waals surface area contributed by atoms with Crippen LogP contribution >= 0.6 is 24.0 Å². The van der Waals surface area contributed by atoms with E-state index in [1.54, 1.807) is 6.20 Å². The molecular formula is C21H23Cl2N5O. The Balaban J connectivity index is 0.00000205. The van der Waals surface area contributed by atoms with Crippen LogP contribution in [0.5, 0.6) is 5.75 Å². The van der Waals surface area contributed by atoms with Crippen molar-refractivity contribution >= 4 is 29.8 Å². The van der Waals surface area contributed by atoms with Gasteiger partial charge in [0.25, 0.3) is 0 Å². The van der Waals surface area contributed by atoms with Crippen molar-refractivity contribution < 1.29 is 4.74 Å². The third-order valence-corrected chi connectivity index (χ3v) is 6.26. The van der Waals surface area contributed by atoms with Gasteiger partial charge in [-0.25, -0.2) is 4.98 Å². The van der Waals surface area contributed by atoms with E-state index < -0.39 is 0 Å². The zero-order valence-corrected chi connectivity index (χ0v) is 17.5. The summed E-state index contributed by atoms with van der Waals surface area (Å²) in [5, 5.41) is 8.98. The minimum atomic E-state index is 0. The van der Waals surface area contributed by atoms with Crippen molar-refractivity contribution in [2.45, 2.75) is 31.4 Å². The molecule has 1 aromatic carbocycles. The van der Waals surface area contributed by atoms with Crippen LogP contribution in [0.1, 0.15) is 24.1 Å². The minimum absolute atomic E-state index is 0. The number of nitrogen functional groups attached to an aromatic ring is 1. The highest BCUT2D eigenvalue weighted by Gasteiger charge is 2.42. The van der Waals surface area contributed by atoms with Gasteiger partial charge in [-0.2, -0.15) is 5.10 Å². The zero-order chi connectivity index (χ0) is 19.1. The Labute approximate surface area is 180 Å². The van der Waals surface area contributed by atoms with Crippen LogP contribution < -0.4 is 15.8 Å². The lowest BCUT2D eigenvalue weighted by Gasteiger charge is -2.20. The SMILES string of the molecule is Cl.Nc1ncc(-c2cc3n(n2)CCC32CCNC2)cc1OCc1ccccc1Cl. The number of hydrogen-bond donors (Lipinski definition) is 2. The lowest BCUT2D eigenvalue weighted by atomic mass is 9.82. The normalized spacial score (nSPS) is 19.9. The number of halogens is 2. The maximum atomic E-state index is 6.21. The summed E-state index contributed by atoms with van der Waals surface area (Å²) < 4.78 is 8.06. The fourth-order valence-electron chi connectivity index (χ4n) is 4.26. The molecule has 0 amide bonds. The van der Waals surface area contributed by atoms with Crippen molar-refractivity contribution in [3.05, 3.63) is 58.9 Å². The Morgan fingerprint density at radius 3 is 2.90 bits per heavy atom. The first-order chi connectivity index (χ1) is 13.6. The van der Waals surface area contributed by atoms with Gasteiger partial charge < -0.3 is 15.8 Å². The van der Waals surface area contributed by atoms with Crippen molar-refractivity contribution in [2.75, 3.05) is 18.8 Å². The van der Waals surface area contributed by atoms with Gasteiger partial charge in [-0.3, -0.25) is 4.68 Å². The third-order valence-electron chi connectivity index (χ3n) is 5.89. The molecule has 0 bridgehead atoms.